The first kappa shape index (κ1) is 25.6. The molecule has 3 aromatic carbocycles. The number of carbonyl (C=O) groups is 3. The Kier molecular flexibility index (Phi) is 7.05. The largest absolute Gasteiger partial charge is 0.493 e. The number of benzene rings is 3. The third kappa shape index (κ3) is 5.19. The molecule has 198 valence electrons. The number of amides is 2. The number of esters is 1. The first-order valence-corrected chi connectivity index (χ1v) is 12.2. The quantitative estimate of drug-likeness (QED) is 0.250. The minimum atomic E-state index is -0.751. The van der Waals surface area contributed by atoms with Gasteiger partial charge in [-0.1, -0.05) is 30.3 Å². The van der Waals surface area contributed by atoms with Crippen molar-refractivity contribution in [1.29, 1.82) is 0 Å². The predicted molar refractivity (Wildman–Crippen MR) is 144 cm³/mol. The van der Waals surface area contributed by atoms with E-state index in [1.807, 2.05) is 48.5 Å². The van der Waals surface area contributed by atoms with Gasteiger partial charge in [-0.25, -0.2) is 4.79 Å². The van der Waals surface area contributed by atoms with E-state index in [0.29, 0.717) is 40.3 Å². The molecule has 0 radical (unpaired) electrons. The van der Waals surface area contributed by atoms with Gasteiger partial charge in [-0.2, -0.15) is 0 Å². The van der Waals surface area contributed by atoms with Gasteiger partial charge in [0.2, 0.25) is 0 Å². The highest BCUT2D eigenvalue weighted by atomic mass is 16.6. The molecule has 1 aromatic heterocycles. The Morgan fingerprint density at radius 3 is 2.41 bits per heavy atom. The lowest BCUT2D eigenvalue weighted by Gasteiger charge is -2.17. The summed E-state index contributed by atoms with van der Waals surface area (Å²) in [4.78, 5) is 37.4. The Bertz CT molecular complexity index is 1600. The summed E-state index contributed by atoms with van der Waals surface area (Å²) in [6.45, 7) is 2.08. The fourth-order valence-corrected chi connectivity index (χ4v) is 4.44. The van der Waals surface area contributed by atoms with Crippen LogP contribution in [0.5, 0.6) is 17.2 Å². The number of carbonyl (C=O) groups excluding carboxylic acids is 3. The molecule has 2 heterocycles. The molecule has 9 nitrogen and oxygen atoms in total. The average Bonchev–Trinajstić information content (AvgIpc) is 3.50. The Labute approximate surface area is 224 Å². The van der Waals surface area contributed by atoms with Crippen LogP contribution in [0.3, 0.4) is 0 Å². The molecule has 0 bridgehead atoms. The number of rotatable bonds is 9. The van der Waals surface area contributed by atoms with Gasteiger partial charge in [0.05, 0.1) is 30.9 Å². The third-order valence-electron chi connectivity index (χ3n) is 6.39. The molecule has 1 atom stereocenters. The van der Waals surface area contributed by atoms with Crippen LogP contribution in [-0.2, 0) is 20.9 Å². The summed E-state index contributed by atoms with van der Waals surface area (Å²) in [6, 6.07) is 20.0. The van der Waals surface area contributed by atoms with Gasteiger partial charge in [0, 0.05) is 23.2 Å². The Hall–Kier alpha value is -5.05. The zero-order valence-electron chi connectivity index (χ0n) is 21.6. The van der Waals surface area contributed by atoms with Crippen molar-refractivity contribution in [3.8, 4) is 17.2 Å². The first-order valence-electron chi connectivity index (χ1n) is 12.2. The maximum absolute atomic E-state index is 13.0. The Balaban J connectivity index is 1.47. The molecule has 1 aliphatic rings. The van der Waals surface area contributed by atoms with Crippen molar-refractivity contribution in [2.24, 2.45) is 0 Å². The summed E-state index contributed by atoms with van der Waals surface area (Å²) >= 11 is 0. The monoisotopic (exact) mass is 526 g/mol. The highest BCUT2D eigenvalue weighted by Crippen LogP contribution is 2.35. The van der Waals surface area contributed by atoms with E-state index in [0.717, 1.165) is 5.56 Å². The van der Waals surface area contributed by atoms with Crippen molar-refractivity contribution >= 4 is 34.3 Å². The maximum atomic E-state index is 13.0. The van der Waals surface area contributed by atoms with Crippen molar-refractivity contribution < 1.29 is 33.3 Å². The van der Waals surface area contributed by atoms with E-state index in [4.69, 9.17) is 18.9 Å². The van der Waals surface area contributed by atoms with E-state index in [1.54, 1.807) is 35.9 Å². The Morgan fingerprint density at radius 1 is 0.949 bits per heavy atom. The summed E-state index contributed by atoms with van der Waals surface area (Å²) in [5.74, 6) is -0.0652. The number of hydrogen-bond donors (Lipinski definition) is 1. The van der Waals surface area contributed by atoms with Crippen molar-refractivity contribution in [2.45, 2.75) is 19.8 Å². The second-order valence-electron chi connectivity index (χ2n) is 8.85. The van der Waals surface area contributed by atoms with Crippen LogP contribution in [0, 0.1) is 0 Å². The molecule has 0 fully saturated rings. The van der Waals surface area contributed by atoms with Gasteiger partial charge < -0.3 is 23.5 Å². The van der Waals surface area contributed by atoms with Crippen molar-refractivity contribution in [3.63, 3.8) is 0 Å². The number of nitrogens with one attached hydrogen (secondary N) is 1. The summed E-state index contributed by atoms with van der Waals surface area (Å²) < 4.78 is 24.0. The number of hydrogen-bond acceptors (Lipinski definition) is 7. The van der Waals surface area contributed by atoms with Gasteiger partial charge in [0.1, 0.15) is 12.4 Å². The molecule has 0 spiro atoms. The zero-order valence-corrected chi connectivity index (χ0v) is 21.6. The summed E-state index contributed by atoms with van der Waals surface area (Å²) in [6.07, 6.45) is 2.21. The third-order valence-corrected chi connectivity index (χ3v) is 6.39. The SMILES string of the molecule is COc1ccc(C(=O)OC(C)n2cc(C3=CC(=O)NC3=O)c3cc(OCc4ccccc4)ccc32)cc1OC. The fraction of sp³-hybridized carbons (Fsp3) is 0.167. The summed E-state index contributed by atoms with van der Waals surface area (Å²) in [5.41, 5.74) is 2.73. The standard InChI is InChI=1S/C30H26N2O7/c1-18(39-30(35)20-9-12-26(36-2)27(13-20)37-3)32-16-24(23-15-28(33)31-29(23)34)22-14-21(10-11-25(22)32)38-17-19-7-5-4-6-8-19/h4-16,18H,17H2,1-3H3,(H,31,33,34). The van der Waals surface area contributed by atoms with Crippen LogP contribution in [0.1, 0.15) is 34.6 Å². The van der Waals surface area contributed by atoms with Gasteiger partial charge in [0.25, 0.3) is 11.8 Å². The van der Waals surface area contributed by atoms with Gasteiger partial charge >= 0.3 is 5.97 Å². The van der Waals surface area contributed by atoms with Gasteiger partial charge in [-0.3, -0.25) is 14.9 Å². The van der Waals surface area contributed by atoms with Gasteiger partial charge in [-0.15, -0.1) is 0 Å². The summed E-state index contributed by atoms with van der Waals surface area (Å²) in [7, 11) is 3.00. The highest BCUT2D eigenvalue weighted by molar-refractivity contribution is 6.35. The van der Waals surface area contributed by atoms with Crippen LogP contribution in [0.25, 0.3) is 16.5 Å². The fourth-order valence-electron chi connectivity index (χ4n) is 4.44. The molecule has 1 unspecified atom stereocenters. The van der Waals surface area contributed by atoms with Crippen molar-refractivity contribution in [1.82, 2.24) is 9.88 Å². The maximum Gasteiger partial charge on any atom is 0.340 e. The van der Waals surface area contributed by atoms with Gasteiger partial charge in [0.15, 0.2) is 17.7 Å². The van der Waals surface area contributed by atoms with Crippen LogP contribution >= 0.6 is 0 Å². The number of fused-ring (bicyclic) bond motifs is 1. The molecule has 0 saturated carbocycles. The minimum absolute atomic E-state index is 0.224. The predicted octanol–water partition coefficient (Wildman–Crippen LogP) is 4.65. The van der Waals surface area contributed by atoms with Crippen LogP contribution in [-0.4, -0.2) is 36.6 Å². The molecule has 0 saturated heterocycles. The average molecular weight is 527 g/mol. The van der Waals surface area contributed by atoms with E-state index in [-0.39, 0.29) is 11.1 Å². The van der Waals surface area contributed by atoms with E-state index in [2.05, 4.69) is 5.32 Å². The topological polar surface area (TPSA) is 105 Å². The lowest BCUT2D eigenvalue weighted by Crippen LogP contribution is -2.21. The number of imide groups is 1. The number of ether oxygens (including phenoxy) is 4. The number of aromatic nitrogens is 1. The van der Waals surface area contributed by atoms with E-state index >= 15 is 0 Å². The Morgan fingerprint density at radius 2 is 1.72 bits per heavy atom. The molecule has 1 aliphatic heterocycles. The normalized spacial score (nSPS) is 13.6. The smallest absolute Gasteiger partial charge is 0.340 e. The minimum Gasteiger partial charge on any atom is -0.493 e. The van der Waals surface area contributed by atoms with E-state index < -0.39 is 24.0 Å². The second kappa shape index (κ2) is 10.7. The zero-order chi connectivity index (χ0) is 27.5. The molecule has 39 heavy (non-hydrogen) atoms. The van der Waals surface area contributed by atoms with Crippen LogP contribution in [0.2, 0.25) is 0 Å². The number of nitrogens with zero attached hydrogens (tertiary/aromatic N) is 1. The van der Waals surface area contributed by atoms with Gasteiger partial charge in [-0.05, 0) is 48.9 Å². The molecule has 4 aromatic rings. The van der Waals surface area contributed by atoms with E-state index in [9.17, 15) is 14.4 Å². The molecule has 2 amide bonds. The highest BCUT2D eigenvalue weighted by Gasteiger charge is 2.27. The molecule has 9 heteroatoms. The molecule has 1 N–H and O–H groups in total. The first-order chi connectivity index (χ1) is 18.9. The lowest BCUT2D eigenvalue weighted by atomic mass is 10.1. The van der Waals surface area contributed by atoms with Crippen molar-refractivity contribution in [3.05, 3.63) is 95.7 Å². The molecule has 5 rings (SSSR count). The van der Waals surface area contributed by atoms with Crippen LogP contribution in [0.15, 0.2) is 79.0 Å². The molecular formula is C30H26N2O7. The van der Waals surface area contributed by atoms with Crippen LogP contribution in [0.4, 0.5) is 0 Å². The second-order valence-corrected chi connectivity index (χ2v) is 8.85. The lowest BCUT2D eigenvalue weighted by molar-refractivity contribution is -0.123. The van der Waals surface area contributed by atoms with E-state index in [1.165, 1.54) is 20.3 Å². The molecule has 0 aliphatic carbocycles. The summed E-state index contributed by atoms with van der Waals surface area (Å²) in [5, 5.41) is 2.96. The van der Waals surface area contributed by atoms with Crippen LogP contribution < -0.4 is 19.5 Å². The molecular weight excluding hydrogens is 500 g/mol. The number of methoxy groups -OCH3 is 2. The van der Waals surface area contributed by atoms with Crippen molar-refractivity contribution in [2.75, 3.05) is 14.2 Å².